The summed E-state index contributed by atoms with van der Waals surface area (Å²) in [7, 11) is -3.47. The van der Waals surface area contributed by atoms with Crippen molar-refractivity contribution in [1.82, 2.24) is 14.7 Å². The quantitative estimate of drug-likeness (QED) is 0.546. The average molecular weight is 388 g/mol. The van der Waals surface area contributed by atoms with Gasteiger partial charge in [-0.25, -0.2) is 13.8 Å². The molecule has 27 heavy (non-hydrogen) atoms. The molecule has 3 N–H and O–H groups in total. The van der Waals surface area contributed by atoms with Crippen LogP contribution in [-0.4, -0.2) is 55.5 Å². The maximum atomic E-state index is 12.7. The molecule has 1 fully saturated rings. The lowest BCUT2D eigenvalue weighted by Gasteiger charge is -2.24. The highest BCUT2D eigenvalue weighted by Crippen LogP contribution is 2.16. The molecule has 0 radical (unpaired) electrons. The molecule has 0 aliphatic carbocycles. The van der Waals surface area contributed by atoms with Crippen LogP contribution in [0.5, 0.6) is 0 Å². The number of pyridine rings is 1. The van der Waals surface area contributed by atoms with Crippen molar-refractivity contribution >= 4 is 21.6 Å². The summed E-state index contributed by atoms with van der Waals surface area (Å²) in [5.74, 6) is -0.406. The minimum atomic E-state index is -3.47. The van der Waals surface area contributed by atoms with E-state index in [2.05, 4.69) is 20.8 Å². The molecule has 0 saturated carbocycles. The predicted octanol–water partition coefficient (Wildman–Crippen LogP) is -0.197. The number of nitrogens with two attached hydrogens (primary N) is 1. The van der Waals surface area contributed by atoms with Crippen molar-refractivity contribution in [2.45, 2.75) is 11.8 Å². The van der Waals surface area contributed by atoms with Crippen molar-refractivity contribution < 1.29 is 18.5 Å². The lowest BCUT2D eigenvalue weighted by molar-refractivity contribution is -0.661. The minimum Gasteiger partial charge on any atom is -0.344 e. The zero-order chi connectivity index (χ0) is 19.3. The van der Waals surface area contributed by atoms with Crippen LogP contribution >= 0.6 is 0 Å². The molecule has 3 rings (SSSR count). The first-order valence-corrected chi connectivity index (χ1v) is 10.1. The summed E-state index contributed by atoms with van der Waals surface area (Å²) in [6.45, 7) is 4.33. The summed E-state index contributed by atoms with van der Waals surface area (Å²) >= 11 is 0. The summed E-state index contributed by atoms with van der Waals surface area (Å²) in [6.07, 6.45) is 1.53. The van der Waals surface area contributed by atoms with Crippen LogP contribution in [-0.2, 0) is 10.0 Å². The summed E-state index contributed by atoms with van der Waals surface area (Å²) < 4.78 is 26.8. The van der Waals surface area contributed by atoms with Gasteiger partial charge in [0.15, 0.2) is 0 Å². The number of hydrazone groups is 1. The summed E-state index contributed by atoms with van der Waals surface area (Å²) in [6, 6.07) is 11.6. The topological polar surface area (TPSA) is 108 Å². The van der Waals surface area contributed by atoms with E-state index in [4.69, 9.17) is 0 Å². The van der Waals surface area contributed by atoms with E-state index in [-0.39, 0.29) is 10.6 Å². The maximum Gasteiger partial charge on any atom is 0.289 e. The van der Waals surface area contributed by atoms with E-state index >= 15 is 0 Å². The van der Waals surface area contributed by atoms with E-state index in [0.29, 0.717) is 18.8 Å². The molecule has 0 unspecified atom stereocenters. The van der Waals surface area contributed by atoms with Gasteiger partial charge in [0.25, 0.3) is 5.91 Å². The lowest BCUT2D eigenvalue weighted by atomic mass is 10.1. The second kappa shape index (κ2) is 8.38. The van der Waals surface area contributed by atoms with Crippen molar-refractivity contribution in [3.05, 3.63) is 59.9 Å². The van der Waals surface area contributed by atoms with Crippen LogP contribution in [0.25, 0.3) is 0 Å². The number of carbonyl (C=O) groups excluding carboxylic acids is 1. The second-order valence-corrected chi connectivity index (χ2v) is 8.09. The van der Waals surface area contributed by atoms with Gasteiger partial charge in [0.2, 0.25) is 10.0 Å². The van der Waals surface area contributed by atoms with Gasteiger partial charge in [-0.15, -0.1) is 0 Å². The van der Waals surface area contributed by atoms with Crippen molar-refractivity contribution in [2.75, 3.05) is 26.2 Å². The lowest BCUT2D eigenvalue weighted by Crippen LogP contribution is -2.89. The van der Waals surface area contributed by atoms with Gasteiger partial charge in [0.1, 0.15) is 5.69 Å². The number of sulfonamides is 1. The molecule has 142 valence electrons. The van der Waals surface area contributed by atoms with Gasteiger partial charge in [-0.2, -0.15) is 9.41 Å². The molecule has 2 heterocycles. The number of quaternary nitrogens is 1. The van der Waals surface area contributed by atoms with Gasteiger partial charge in [0, 0.05) is 6.20 Å². The van der Waals surface area contributed by atoms with E-state index in [1.54, 1.807) is 49.4 Å². The number of hydrogen-bond acceptors (Lipinski definition) is 5. The Labute approximate surface area is 158 Å². The number of rotatable bonds is 5. The minimum absolute atomic E-state index is 0.262. The van der Waals surface area contributed by atoms with Crippen LogP contribution in [0.1, 0.15) is 23.0 Å². The van der Waals surface area contributed by atoms with Gasteiger partial charge < -0.3 is 5.32 Å². The third kappa shape index (κ3) is 4.57. The van der Waals surface area contributed by atoms with Crippen LogP contribution in [0, 0.1) is 0 Å². The van der Waals surface area contributed by atoms with E-state index in [1.807, 2.05) is 0 Å². The van der Waals surface area contributed by atoms with E-state index < -0.39 is 15.9 Å². The molecular weight excluding hydrogens is 366 g/mol. The summed E-state index contributed by atoms with van der Waals surface area (Å²) in [4.78, 5) is 16.2. The first-order valence-electron chi connectivity index (χ1n) is 8.66. The number of nitrogens with zero attached hydrogens (tertiary/aromatic N) is 3. The number of piperazine rings is 1. The SMILES string of the molecule is C/C(=N/NC(=O)c1ccccn1)c1ccc(S(=O)(=O)N2CC[NH2+]CC2)cc1. The number of aromatic nitrogens is 1. The van der Waals surface area contributed by atoms with Gasteiger partial charge in [-0.3, -0.25) is 9.78 Å². The van der Waals surface area contributed by atoms with E-state index in [9.17, 15) is 13.2 Å². The molecule has 1 aromatic heterocycles. The molecule has 1 saturated heterocycles. The van der Waals surface area contributed by atoms with Gasteiger partial charge in [-0.05, 0) is 36.8 Å². The fraction of sp³-hybridized carbons (Fsp3) is 0.278. The third-order valence-electron chi connectivity index (χ3n) is 4.30. The molecule has 1 aliphatic heterocycles. The van der Waals surface area contributed by atoms with Crippen LogP contribution in [0.3, 0.4) is 0 Å². The fourth-order valence-corrected chi connectivity index (χ4v) is 4.21. The van der Waals surface area contributed by atoms with Crippen molar-refractivity contribution in [3.8, 4) is 0 Å². The largest absolute Gasteiger partial charge is 0.344 e. The molecule has 1 amide bonds. The Morgan fingerprint density at radius 1 is 1.15 bits per heavy atom. The number of amides is 1. The number of benzene rings is 1. The Bertz CT molecular complexity index is 921. The summed E-state index contributed by atoms with van der Waals surface area (Å²) in [5, 5.41) is 6.17. The molecule has 2 aromatic rings. The Hall–Kier alpha value is -2.62. The zero-order valence-corrected chi connectivity index (χ0v) is 15.8. The van der Waals surface area contributed by atoms with Crippen LogP contribution in [0.2, 0.25) is 0 Å². The Balaban J connectivity index is 1.70. The van der Waals surface area contributed by atoms with Gasteiger partial charge in [-0.1, -0.05) is 18.2 Å². The standard InChI is InChI=1S/C18H21N5O3S/c1-14(21-22-18(24)17-4-2-3-9-20-17)15-5-7-16(8-6-15)27(25,26)23-12-10-19-11-13-23/h2-9,19H,10-13H2,1H3,(H,22,24)/p+1/b21-14-. The van der Waals surface area contributed by atoms with Crippen LogP contribution < -0.4 is 10.7 Å². The van der Waals surface area contributed by atoms with E-state index in [1.165, 1.54) is 10.5 Å². The van der Waals surface area contributed by atoms with Gasteiger partial charge in [0.05, 0.1) is 36.8 Å². The molecule has 1 aromatic carbocycles. The molecule has 8 nitrogen and oxygen atoms in total. The number of hydrogen-bond donors (Lipinski definition) is 2. The number of carbonyl (C=O) groups is 1. The fourth-order valence-electron chi connectivity index (χ4n) is 2.74. The number of nitrogens with one attached hydrogen (secondary N) is 1. The molecule has 0 bridgehead atoms. The summed E-state index contributed by atoms with van der Waals surface area (Å²) in [5.41, 5.74) is 4.01. The van der Waals surface area contributed by atoms with Crippen molar-refractivity contribution in [2.24, 2.45) is 5.10 Å². The first kappa shape index (κ1) is 19.2. The molecule has 9 heteroatoms. The highest BCUT2D eigenvalue weighted by Gasteiger charge is 2.27. The highest BCUT2D eigenvalue weighted by atomic mass is 32.2. The van der Waals surface area contributed by atoms with E-state index in [0.717, 1.165) is 18.7 Å². The molecule has 0 spiro atoms. The van der Waals surface area contributed by atoms with Crippen LogP contribution in [0.4, 0.5) is 0 Å². The first-order chi connectivity index (χ1) is 13.0. The third-order valence-corrected chi connectivity index (χ3v) is 6.21. The average Bonchev–Trinajstić information content (AvgIpc) is 2.73. The Morgan fingerprint density at radius 3 is 2.48 bits per heavy atom. The smallest absolute Gasteiger partial charge is 0.289 e. The zero-order valence-electron chi connectivity index (χ0n) is 15.0. The predicted molar refractivity (Wildman–Crippen MR) is 101 cm³/mol. The maximum absolute atomic E-state index is 12.7. The highest BCUT2D eigenvalue weighted by molar-refractivity contribution is 7.89. The molecular formula is C18H22N5O3S+. The van der Waals surface area contributed by atoms with Crippen molar-refractivity contribution in [3.63, 3.8) is 0 Å². The monoisotopic (exact) mass is 388 g/mol. The van der Waals surface area contributed by atoms with Gasteiger partial charge >= 0.3 is 0 Å². The van der Waals surface area contributed by atoms with Crippen LogP contribution in [0.15, 0.2) is 58.7 Å². The molecule has 0 atom stereocenters. The normalized spacial score (nSPS) is 16.1. The Kier molecular flexibility index (Phi) is 5.94. The second-order valence-electron chi connectivity index (χ2n) is 6.15. The Morgan fingerprint density at radius 2 is 1.85 bits per heavy atom. The molecule has 1 aliphatic rings. The van der Waals surface area contributed by atoms with Crippen molar-refractivity contribution in [1.29, 1.82) is 0 Å².